The molecule has 6 aromatic rings. The number of benzene rings is 2. The molecule has 0 aliphatic carbocycles. The summed E-state index contributed by atoms with van der Waals surface area (Å²) in [5.74, 6) is 2.94. The van der Waals surface area contributed by atoms with Crippen LogP contribution in [0.25, 0.3) is 42.2 Å². The number of amides is 2. The molecule has 0 radical (unpaired) electrons. The van der Waals surface area contributed by atoms with E-state index >= 15 is 9.59 Å². The van der Waals surface area contributed by atoms with Gasteiger partial charge in [-0.3, -0.25) is 9.59 Å². The van der Waals surface area contributed by atoms with Crippen molar-refractivity contribution in [1.82, 2.24) is 9.80 Å². The summed E-state index contributed by atoms with van der Waals surface area (Å²) in [7, 11) is 0. The van der Waals surface area contributed by atoms with Crippen LogP contribution in [0.1, 0.15) is 235 Å². The van der Waals surface area contributed by atoms with E-state index in [4.69, 9.17) is 13.6 Å². The first-order valence-electron chi connectivity index (χ1n) is 30.4. The van der Waals surface area contributed by atoms with Crippen molar-refractivity contribution in [2.45, 2.75) is 215 Å². The number of furan rings is 2. The lowest BCUT2D eigenvalue weighted by molar-refractivity contribution is -0.124. The van der Waals surface area contributed by atoms with Crippen molar-refractivity contribution in [3.63, 3.8) is 0 Å². The zero-order valence-electron chi connectivity index (χ0n) is 48.6. The third-order valence-corrected chi connectivity index (χ3v) is 18.6. The molecule has 78 heavy (non-hydrogen) atoms. The van der Waals surface area contributed by atoms with Gasteiger partial charge in [0.05, 0.1) is 31.0 Å². The standard InChI is InChI=1S/C68H90N2O6S2/c1-9-13-17-21-23-28-34-48(32-26-19-15-11-3)45-69-61(55-39-38-54(75-55)57-44-50-43-53(67(73)74-51-36-30-25-31-37-51)52-42-47(5)77-64(52)63(50)78-57)59-60(66(69)72)62(56-40-41-58(76-56)68(6,7)8)70(65(59)71)46-49(33-27-20-16-12-4)35-29-24-22-18-14-10-2/h25,30-31,36-44,48-49H,9-24,26-29,32-35,45-46H2,1-8H3. The normalized spacial score (nSPS) is 14.8. The Morgan fingerprint density at radius 3 is 1.54 bits per heavy atom. The van der Waals surface area contributed by atoms with Gasteiger partial charge in [0.25, 0.3) is 11.8 Å². The molecule has 2 aromatic carbocycles. The average molecular weight is 1100 g/mol. The lowest BCUT2D eigenvalue weighted by Crippen LogP contribution is -2.34. The molecular weight excluding hydrogens is 1000 g/mol. The van der Waals surface area contributed by atoms with Crippen LogP contribution in [0, 0.1) is 18.8 Å². The van der Waals surface area contributed by atoms with Gasteiger partial charge in [0.2, 0.25) is 0 Å². The van der Waals surface area contributed by atoms with E-state index in [1.165, 1.54) is 103 Å². The maximum absolute atomic E-state index is 15.9. The van der Waals surface area contributed by atoms with E-state index in [1.54, 1.807) is 34.8 Å². The van der Waals surface area contributed by atoms with E-state index in [0.29, 0.717) is 64.2 Å². The van der Waals surface area contributed by atoms with Gasteiger partial charge >= 0.3 is 5.97 Å². The summed E-state index contributed by atoms with van der Waals surface area (Å²) in [6.45, 7) is 18.6. The van der Waals surface area contributed by atoms with Crippen LogP contribution in [0.3, 0.4) is 0 Å². The van der Waals surface area contributed by atoms with Crippen LogP contribution < -0.4 is 4.74 Å². The molecule has 8 nitrogen and oxygen atoms in total. The number of para-hydroxylation sites is 1. The summed E-state index contributed by atoms with van der Waals surface area (Å²) in [4.78, 5) is 51.5. The number of nitrogens with zero attached hydrogens (tertiary/aromatic N) is 2. The SMILES string of the molecule is CCCCCCCCC(CCCCCC)CN1C(=O)C2=C(c3ccc(C(C)(C)C)o3)N(CC(CCCCCC)CCCCCCCC)C(=O)C2=C1c1ccc(-c2cc3cc(C(=O)Oc4ccccc4)c4cc(C)sc4c3s2)o1. The number of unbranched alkanes of at least 4 members (excludes halogenated alkanes) is 16. The molecule has 2 atom stereocenters. The van der Waals surface area contributed by atoms with E-state index in [1.807, 2.05) is 58.3 Å². The molecule has 0 bridgehead atoms. The third-order valence-electron chi connectivity index (χ3n) is 16.2. The number of carbonyl (C=O) groups excluding carboxylic acids is 3. The van der Waals surface area contributed by atoms with E-state index in [9.17, 15) is 4.79 Å². The predicted molar refractivity (Wildman–Crippen MR) is 326 cm³/mol. The van der Waals surface area contributed by atoms with Crippen molar-refractivity contribution < 1.29 is 28.0 Å². The van der Waals surface area contributed by atoms with Gasteiger partial charge < -0.3 is 23.4 Å². The third kappa shape index (κ3) is 14.4. The quantitative estimate of drug-likeness (QED) is 0.0232. The minimum Gasteiger partial charge on any atom is -0.459 e. The molecule has 2 amide bonds. The summed E-state index contributed by atoms with van der Waals surface area (Å²) in [5, 5.41) is 1.80. The van der Waals surface area contributed by atoms with Crippen LogP contribution in [0.5, 0.6) is 5.75 Å². The zero-order chi connectivity index (χ0) is 55.2. The van der Waals surface area contributed by atoms with Crippen LogP contribution in [0.15, 0.2) is 92.8 Å². The van der Waals surface area contributed by atoms with E-state index < -0.39 is 5.97 Å². The summed E-state index contributed by atoms with van der Waals surface area (Å²) in [6, 6.07) is 23.3. The molecule has 2 aliphatic heterocycles. The van der Waals surface area contributed by atoms with Crippen molar-refractivity contribution in [2.75, 3.05) is 13.1 Å². The molecule has 0 fully saturated rings. The zero-order valence-corrected chi connectivity index (χ0v) is 50.3. The number of aryl methyl sites for hydroxylation is 1. The number of ether oxygens (including phenoxy) is 1. The van der Waals surface area contributed by atoms with Crippen molar-refractivity contribution in [1.29, 1.82) is 0 Å². The molecule has 0 saturated carbocycles. The molecule has 0 spiro atoms. The smallest absolute Gasteiger partial charge is 0.344 e. The van der Waals surface area contributed by atoms with E-state index in [-0.39, 0.29) is 29.1 Å². The largest absolute Gasteiger partial charge is 0.459 e. The molecule has 4 aromatic heterocycles. The molecular formula is C68H90N2O6S2. The Hall–Kier alpha value is -5.19. The second kappa shape index (κ2) is 28.3. The maximum Gasteiger partial charge on any atom is 0.344 e. The minimum absolute atomic E-state index is 0.137. The summed E-state index contributed by atoms with van der Waals surface area (Å²) in [5.41, 5.74) is 2.32. The van der Waals surface area contributed by atoms with Crippen LogP contribution in [-0.4, -0.2) is 40.7 Å². The summed E-state index contributed by atoms with van der Waals surface area (Å²) >= 11 is 3.31. The lowest BCUT2D eigenvalue weighted by atomic mass is 9.93. The van der Waals surface area contributed by atoms with Crippen molar-refractivity contribution >= 4 is 72.0 Å². The van der Waals surface area contributed by atoms with E-state index in [2.05, 4.69) is 67.5 Å². The first-order valence-corrected chi connectivity index (χ1v) is 32.1. The van der Waals surface area contributed by atoms with Crippen molar-refractivity contribution in [3.8, 4) is 16.4 Å². The average Bonchev–Trinajstić information content (AvgIpc) is 4.46. The Kier molecular flexibility index (Phi) is 21.4. The Morgan fingerprint density at radius 1 is 0.551 bits per heavy atom. The fraction of sp³-hybridized carbons (Fsp3) is 0.544. The molecule has 0 saturated heterocycles. The number of thiophene rings is 2. The predicted octanol–water partition coefficient (Wildman–Crippen LogP) is 20.3. The number of rotatable bonds is 33. The fourth-order valence-corrected chi connectivity index (χ4v) is 14.1. The van der Waals surface area contributed by atoms with E-state index in [0.717, 1.165) is 87.1 Å². The highest BCUT2D eigenvalue weighted by molar-refractivity contribution is 7.28. The number of fused-ring (bicyclic) bond motifs is 4. The van der Waals surface area contributed by atoms with Gasteiger partial charge in [0, 0.05) is 28.8 Å². The second-order valence-electron chi connectivity index (χ2n) is 23.7. The molecule has 8 rings (SSSR count). The van der Waals surface area contributed by atoms with Crippen LogP contribution in [0.2, 0.25) is 0 Å². The highest BCUT2D eigenvalue weighted by Gasteiger charge is 2.51. The van der Waals surface area contributed by atoms with Gasteiger partial charge in [-0.2, -0.15) is 0 Å². The molecule has 10 heteroatoms. The molecule has 2 unspecified atom stereocenters. The van der Waals surface area contributed by atoms with Gasteiger partial charge in [-0.25, -0.2) is 4.79 Å². The maximum atomic E-state index is 15.9. The highest BCUT2D eigenvalue weighted by Crippen LogP contribution is 2.50. The van der Waals surface area contributed by atoms with Gasteiger partial charge in [-0.1, -0.05) is 195 Å². The number of carbonyl (C=O) groups is 3. The Bertz CT molecular complexity index is 2990. The molecule has 6 heterocycles. The lowest BCUT2D eigenvalue weighted by Gasteiger charge is -2.29. The highest BCUT2D eigenvalue weighted by atomic mass is 32.1. The first kappa shape index (κ1) is 58.9. The summed E-state index contributed by atoms with van der Waals surface area (Å²) < 4.78 is 21.9. The Morgan fingerprint density at radius 2 is 1.03 bits per heavy atom. The first-order chi connectivity index (χ1) is 37.8. The molecule has 0 N–H and O–H groups in total. The Balaban J connectivity index is 1.22. The van der Waals surface area contributed by atoms with Crippen molar-refractivity contribution in [2.24, 2.45) is 11.8 Å². The number of esters is 1. The number of hydrogen-bond donors (Lipinski definition) is 0. The molecule has 2 aliphatic rings. The van der Waals surface area contributed by atoms with Gasteiger partial charge in [-0.05, 0) is 104 Å². The minimum atomic E-state index is -0.397. The van der Waals surface area contributed by atoms with Gasteiger partial charge in [-0.15, -0.1) is 22.7 Å². The van der Waals surface area contributed by atoms with Crippen molar-refractivity contribution in [3.05, 3.63) is 112 Å². The van der Waals surface area contributed by atoms with Gasteiger partial charge in [0.1, 0.15) is 28.7 Å². The topological polar surface area (TPSA) is 93.2 Å². The van der Waals surface area contributed by atoms with Gasteiger partial charge in [0.15, 0.2) is 11.5 Å². The van der Waals surface area contributed by atoms with Crippen LogP contribution in [0.4, 0.5) is 0 Å². The summed E-state index contributed by atoms with van der Waals surface area (Å²) in [6.07, 6.45) is 28.1. The fourth-order valence-electron chi connectivity index (χ4n) is 11.8. The van der Waals surface area contributed by atoms with Crippen LogP contribution in [-0.2, 0) is 15.0 Å². The Labute approximate surface area is 475 Å². The monoisotopic (exact) mass is 1090 g/mol. The molecule has 420 valence electrons. The number of hydrogen-bond acceptors (Lipinski definition) is 8. The van der Waals surface area contributed by atoms with Crippen LogP contribution >= 0.6 is 22.7 Å². The second-order valence-corrected chi connectivity index (χ2v) is 26.0.